The van der Waals surface area contributed by atoms with Crippen molar-refractivity contribution in [3.63, 3.8) is 0 Å². The van der Waals surface area contributed by atoms with E-state index in [4.69, 9.17) is 4.74 Å². The average Bonchev–Trinajstić information content (AvgIpc) is 2.37. The zero-order valence-electron chi connectivity index (χ0n) is 10.9. The van der Waals surface area contributed by atoms with E-state index in [-0.39, 0.29) is 6.04 Å². The summed E-state index contributed by atoms with van der Waals surface area (Å²) >= 11 is 0. The molecule has 102 valence electrons. The Balaban J connectivity index is 1.47. The van der Waals surface area contributed by atoms with Gasteiger partial charge in [0.1, 0.15) is 0 Å². The van der Waals surface area contributed by atoms with Gasteiger partial charge >= 0.3 is 0 Å². The van der Waals surface area contributed by atoms with Crippen LogP contribution in [0.2, 0.25) is 0 Å². The zero-order chi connectivity index (χ0) is 12.7. The van der Waals surface area contributed by atoms with Crippen LogP contribution in [-0.2, 0) is 4.74 Å². The summed E-state index contributed by atoms with van der Waals surface area (Å²) in [5.41, 5.74) is 1.70. The number of anilines is 1. The monoisotopic (exact) mass is 261 g/mol. The Bertz CT molecular complexity index is 462. The highest BCUT2D eigenvalue weighted by Gasteiger charge is 2.48. The van der Waals surface area contributed by atoms with E-state index in [2.05, 4.69) is 31.8 Å². The maximum atomic E-state index is 5.50. The number of hydrogen-bond acceptors (Lipinski definition) is 6. The number of nitrogens with zero attached hydrogens (tertiary/aromatic N) is 3. The van der Waals surface area contributed by atoms with Crippen LogP contribution in [0.5, 0.6) is 0 Å². The molecule has 2 N–H and O–H groups in total. The van der Waals surface area contributed by atoms with Gasteiger partial charge in [-0.3, -0.25) is 0 Å². The lowest BCUT2D eigenvalue weighted by atomic mass is 9.74. The van der Waals surface area contributed by atoms with E-state index in [0.717, 1.165) is 51.8 Å². The molecule has 3 aliphatic rings. The molecule has 3 aliphatic heterocycles. The molecule has 19 heavy (non-hydrogen) atoms. The van der Waals surface area contributed by atoms with Crippen molar-refractivity contribution >= 4 is 5.82 Å². The van der Waals surface area contributed by atoms with Gasteiger partial charge in [-0.2, -0.15) is 5.10 Å². The van der Waals surface area contributed by atoms with Gasteiger partial charge in [-0.1, -0.05) is 0 Å². The van der Waals surface area contributed by atoms with Gasteiger partial charge in [0, 0.05) is 38.1 Å². The molecule has 0 bridgehead atoms. The number of hydrogen-bond donors (Lipinski definition) is 2. The van der Waals surface area contributed by atoms with Gasteiger partial charge in [-0.25, -0.2) is 0 Å². The molecular weight excluding hydrogens is 242 g/mol. The topological polar surface area (TPSA) is 62.3 Å². The van der Waals surface area contributed by atoms with Crippen LogP contribution in [0.25, 0.3) is 0 Å². The lowest BCUT2D eigenvalue weighted by molar-refractivity contribution is 0.0767. The van der Waals surface area contributed by atoms with Crippen LogP contribution in [0.3, 0.4) is 0 Å². The Morgan fingerprint density at radius 1 is 1.37 bits per heavy atom. The van der Waals surface area contributed by atoms with Gasteiger partial charge in [0.25, 0.3) is 0 Å². The number of rotatable bonds is 2. The molecule has 6 heteroatoms. The average molecular weight is 261 g/mol. The molecule has 4 rings (SSSR count). The summed E-state index contributed by atoms with van der Waals surface area (Å²) in [6.07, 6.45) is 1.84. The van der Waals surface area contributed by atoms with Crippen LogP contribution in [-0.4, -0.2) is 56.1 Å². The first-order valence-electron chi connectivity index (χ1n) is 6.94. The maximum absolute atomic E-state index is 5.50. The van der Waals surface area contributed by atoms with E-state index in [1.165, 1.54) is 5.56 Å². The minimum Gasteiger partial charge on any atom is -0.378 e. The predicted octanol–water partition coefficient (Wildman–Crippen LogP) is -0.453. The molecule has 6 nitrogen and oxygen atoms in total. The predicted molar refractivity (Wildman–Crippen MR) is 71.1 cm³/mol. The van der Waals surface area contributed by atoms with Gasteiger partial charge in [-0.05, 0) is 11.6 Å². The summed E-state index contributed by atoms with van der Waals surface area (Å²) in [6.45, 7) is 6.92. The highest BCUT2D eigenvalue weighted by atomic mass is 16.5. The summed E-state index contributed by atoms with van der Waals surface area (Å²) < 4.78 is 5.50. The Morgan fingerprint density at radius 2 is 2.26 bits per heavy atom. The van der Waals surface area contributed by atoms with Crippen molar-refractivity contribution in [1.29, 1.82) is 0 Å². The summed E-state index contributed by atoms with van der Waals surface area (Å²) in [5.74, 6) is 1.00. The molecule has 0 aliphatic carbocycles. The summed E-state index contributed by atoms with van der Waals surface area (Å²) in [6, 6.07) is 2.40. The Morgan fingerprint density at radius 3 is 2.95 bits per heavy atom. The second-order valence-electron chi connectivity index (χ2n) is 5.89. The molecule has 0 aromatic carbocycles. The van der Waals surface area contributed by atoms with Crippen molar-refractivity contribution in [2.45, 2.75) is 6.04 Å². The number of ether oxygens (including phenoxy) is 1. The standard InChI is InChI=1S/C13H19N5O/c1-2-19-5-11(15-1)10-3-12(17-16-4-10)18-8-13(9-18)6-14-7-13/h3-4,11,14-15H,1-2,5-9H2. The van der Waals surface area contributed by atoms with E-state index < -0.39 is 0 Å². The molecule has 1 atom stereocenters. The molecule has 4 heterocycles. The zero-order valence-corrected chi connectivity index (χ0v) is 10.9. The molecule has 1 aromatic heterocycles. The summed E-state index contributed by atoms with van der Waals surface area (Å²) in [7, 11) is 0. The van der Waals surface area contributed by atoms with Gasteiger partial charge in [0.05, 0.1) is 25.5 Å². The fourth-order valence-corrected chi connectivity index (χ4v) is 3.12. The van der Waals surface area contributed by atoms with Crippen LogP contribution < -0.4 is 15.5 Å². The summed E-state index contributed by atoms with van der Waals surface area (Å²) in [5, 5.41) is 15.2. The van der Waals surface area contributed by atoms with Crippen LogP contribution in [0.15, 0.2) is 12.3 Å². The first kappa shape index (κ1) is 11.6. The quantitative estimate of drug-likeness (QED) is 0.752. The molecule has 1 aromatic rings. The van der Waals surface area contributed by atoms with Crippen molar-refractivity contribution in [3.8, 4) is 0 Å². The van der Waals surface area contributed by atoms with Crippen LogP contribution >= 0.6 is 0 Å². The first-order valence-corrected chi connectivity index (χ1v) is 6.94. The van der Waals surface area contributed by atoms with Crippen molar-refractivity contribution in [2.24, 2.45) is 5.41 Å². The van der Waals surface area contributed by atoms with E-state index in [0.29, 0.717) is 5.41 Å². The number of nitrogens with one attached hydrogen (secondary N) is 2. The third-order valence-corrected chi connectivity index (χ3v) is 4.36. The first-order chi connectivity index (χ1) is 9.35. The Kier molecular flexibility index (Phi) is 2.68. The smallest absolute Gasteiger partial charge is 0.151 e. The largest absolute Gasteiger partial charge is 0.378 e. The van der Waals surface area contributed by atoms with Gasteiger partial charge in [0.2, 0.25) is 0 Å². The fourth-order valence-electron chi connectivity index (χ4n) is 3.12. The second kappa shape index (κ2) is 4.40. The molecule has 1 unspecified atom stereocenters. The highest BCUT2D eigenvalue weighted by Crippen LogP contribution is 2.36. The normalized spacial score (nSPS) is 28.8. The van der Waals surface area contributed by atoms with Crippen molar-refractivity contribution in [3.05, 3.63) is 17.8 Å². The Labute approximate surface area is 112 Å². The summed E-state index contributed by atoms with van der Waals surface area (Å²) in [4.78, 5) is 2.32. The minimum absolute atomic E-state index is 0.253. The third-order valence-electron chi connectivity index (χ3n) is 4.36. The lowest BCUT2D eigenvalue weighted by Gasteiger charge is -2.56. The van der Waals surface area contributed by atoms with Crippen molar-refractivity contribution < 1.29 is 4.74 Å². The van der Waals surface area contributed by atoms with Crippen LogP contribution in [0.4, 0.5) is 5.82 Å². The maximum Gasteiger partial charge on any atom is 0.151 e. The Hall–Kier alpha value is -1.24. The molecule has 0 amide bonds. The molecule has 0 radical (unpaired) electrons. The molecular formula is C13H19N5O. The number of aromatic nitrogens is 2. The molecule has 0 saturated carbocycles. The second-order valence-corrected chi connectivity index (χ2v) is 5.89. The van der Waals surface area contributed by atoms with E-state index in [9.17, 15) is 0 Å². The van der Waals surface area contributed by atoms with Crippen LogP contribution in [0, 0.1) is 5.41 Å². The SMILES string of the molecule is c1nnc(N2CC3(CNC3)C2)cc1C1COCCN1. The van der Waals surface area contributed by atoms with Gasteiger partial charge in [-0.15, -0.1) is 5.10 Å². The van der Waals surface area contributed by atoms with Gasteiger partial charge in [0.15, 0.2) is 5.82 Å². The van der Waals surface area contributed by atoms with Crippen molar-refractivity contribution in [1.82, 2.24) is 20.8 Å². The van der Waals surface area contributed by atoms with E-state index in [1.54, 1.807) is 0 Å². The third kappa shape index (κ3) is 2.00. The lowest BCUT2D eigenvalue weighted by Crippen LogP contribution is -2.71. The van der Waals surface area contributed by atoms with Crippen LogP contribution in [0.1, 0.15) is 11.6 Å². The fraction of sp³-hybridized carbons (Fsp3) is 0.692. The minimum atomic E-state index is 0.253. The van der Waals surface area contributed by atoms with Crippen molar-refractivity contribution in [2.75, 3.05) is 50.8 Å². The molecule has 1 spiro atoms. The number of morpholine rings is 1. The molecule has 3 saturated heterocycles. The highest BCUT2D eigenvalue weighted by molar-refractivity contribution is 5.45. The van der Waals surface area contributed by atoms with E-state index in [1.807, 2.05) is 6.20 Å². The van der Waals surface area contributed by atoms with Gasteiger partial charge < -0.3 is 20.3 Å². The molecule has 3 fully saturated rings. The van der Waals surface area contributed by atoms with E-state index >= 15 is 0 Å².